The molecule has 0 saturated heterocycles. The maximum atomic E-state index is 4.31. The van der Waals surface area contributed by atoms with Crippen LogP contribution >= 0.6 is 0 Å². The number of hydrogen-bond acceptors (Lipinski definition) is 1. The zero-order valence-corrected chi connectivity index (χ0v) is 9.04. The molecule has 0 fully saturated rings. The van der Waals surface area contributed by atoms with Crippen molar-refractivity contribution in [2.75, 3.05) is 0 Å². The van der Waals surface area contributed by atoms with Gasteiger partial charge in [0.25, 0.3) is 0 Å². The lowest BCUT2D eigenvalue weighted by Gasteiger charge is -2.13. The number of hydrogen-bond donors (Lipinski definition) is 0. The Labute approximate surface area is 81.2 Å². The smallest absolute Gasteiger partial charge is 0.0372 e. The van der Waals surface area contributed by atoms with Crippen molar-refractivity contribution in [2.24, 2.45) is 5.92 Å². The molecule has 0 amide bonds. The summed E-state index contributed by atoms with van der Waals surface area (Å²) in [6.45, 7) is 8.82. The maximum Gasteiger partial charge on any atom is 0.0372 e. The third kappa shape index (κ3) is 3.17. The van der Waals surface area contributed by atoms with E-state index in [0.29, 0.717) is 5.92 Å². The van der Waals surface area contributed by atoms with Crippen molar-refractivity contribution in [1.82, 2.24) is 4.98 Å². The van der Waals surface area contributed by atoms with Gasteiger partial charge in [0.05, 0.1) is 0 Å². The Hall–Kier alpha value is -0.850. The lowest BCUT2D eigenvalue weighted by atomic mass is 9.93. The first-order valence-corrected chi connectivity index (χ1v) is 5.02. The standard InChI is InChI=1S/C12H19N/c1-9(2)7-10(3)12-6-5-11(4)13-8-12/h5-6,8-10H,7H2,1-4H3. The molecule has 13 heavy (non-hydrogen) atoms. The monoisotopic (exact) mass is 177 g/mol. The summed E-state index contributed by atoms with van der Waals surface area (Å²) in [5, 5.41) is 0. The summed E-state index contributed by atoms with van der Waals surface area (Å²) in [5.41, 5.74) is 2.46. The summed E-state index contributed by atoms with van der Waals surface area (Å²) >= 11 is 0. The van der Waals surface area contributed by atoms with Crippen molar-refractivity contribution in [3.8, 4) is 0 Å². The Morgan fingerprint density at radius 2 is 1.92 bits per heavy atom. The van der Waals surface area contributed by atoms with E-state index in [4.69, 9.17) is 0 Å². The fraction of sp³-hybridized carbons (Fsp3) is 0.583. The first-order valence-electron chi connectivity index (χ1n) is 5.02. The second-order valence-corrected chi connectivity index (χ2v) is 4.26. The Bertz CT molecular complexity index is 248. The quantitative estimate of drug-likeness (QED) is 0.688. The van der Waals surface area contributed by atoms with Crippen LogP contribution in [0.25, 0.3) is 0 Å². The minimum absolute atomic E-state index is 0.632. The van der Waals surface area contributed by atoms with E-state index in [9.17, 15) is 0 Å². The second kappa shape index (κ2) is 4.40. The van der Waals surface area contributed by atoms with Crippen LogP contribution in [0.2, 0.25) is 0 Å². The van der Waals surface area contributed by atoms with E-state index in [1.807, 2.05) is 13.1 Å². The van der Waals surface area contributed by atoms with Crippen LogP contribution in [-0.2, 0) is 0 Å². The van der Waals surface area contributed by atoms with E-state index in [0.717, 1.165) is 11.6 Å². The van der Waals surface area contributed by atoms with Gasteiger partial charge in [-0.05, 0) is 36.8 Å². The number of rotatable bonds is 3. The molecule has 1 nitrogen and oxygen atoms in total. The van der Waals surface area contributed by atoms with Crippen LogP contribution in [-0.4, -0.2) is 4.98 Å². The predicted octanol–water partition coefficient (Wildman–Crippen LogP) is 3.54. The van der Waals surface area contributed by atoms with Crippen molar-refractivity contribution in [2.45, 2.75) is 40.0 Å². The average molecular weight is 177 g/mol. The largest absolute Gasteiger partial charge is 0.261 e. The fourth-order valence-corrected chi connectivity index (χ4v) is 1.61. The van der Waals surface area contributed by atoms with Gasteiger partial charge >= 0.3 is 0 Å². The number of aryl methyl sites for hydroxylation is 1. The molecular weight excluding hydrogens is 158 g/mol. The summed E-state index contributed by atoms with van der Waals surface area (Å²) in [6, 6.07) is 4.28. The normalized spacial score (nSPS) is 13.3. The number of aromatic nitrogens is 1. The Morgan fingerprint density at radius 3 is 2.38 bits per heavy atom. The molecule has 1 heteroatoms. The summed E-state index contributed by atoms with van der Waals surface area (Å²) < 4.78 is 0. The summed E-state index contributed by atoms with van der Waals surface area (Å²) in [6.07, 6.45) is 3.24. The molecule has 1 aromatic heterocycles. The van der Waals surface area contributed by atoms with Gasteiger partial charge in [-0.1, -0.05) is 26.8 Å². The van der Waals surface area contributed by atoms with Crippen LogP contribution in [0.1, 0.15) is 44.4 Å². The molecule has 0 aliphatic rings. The Kier molecular flexibility index (Phi) is 3.47. The van der Waals surface area contributed by atoms with Crippen molar-refractivity contribution < 1.29 is 0 Å². The zero-order chi connectivity index (χ0) is 9.84. The van der Waals surface area contributed by atoms with Gasteiger partial charge in [0.2, 0.25) is 0 Å². The summed E-state index contributed by atoms with van der Waals surface area (Å²) in [7, 11) is 0. The molecule has 1 heterocycles. The lowest BCUT2D eigenvalue weighted by Crippen LogP contribution is -1.99. The summed E-state index contributed by atoms with van der Waals surface area (Å²) in [4.78, 5) is 4.31. The highest BCUT2D eigenvalue weighted by Gasteiger charge is 2.07. The lowest BCUT2D eigenvalue weighted by molar-refractivity contribution is 0.523. The van der Waals surface area contributed by atoms with E-state index in [-0.39, 0.29) is 0 Å². The van der Waals surface area contributed by atoms with Crippen LogP contribution in [0.4, 0.5) is 0 Å². The maximum absolute atomic E-state index is 4.31. The first kappa shape index (κ1) is 10.2. The average Bonchev–Trinajstić information content (AvgIpc) is 2.04. The minimum Gasteiger partial charge on any atom is -0.261 e. The molecule has 0 radical (unpaired) electrons. The molecule has 0 N–H and O–H groups in total. The van der Waals surface area contributed by atoms with Gasteiger partial charge in [0.15, 0.2) is 0 Å². The predicted molar refractivity (Wildman–Crippen MR) is 56.8 cm³/mol. The molecule has 1 aromatic rings. The Morgan fingerprint density at radius 1 is 1.23 bits per heavy atom. The molecule has 1 rings (SSSR count). The van der Waals surface area contributed by atoms with Gasteiger partial charge in [0, 0.05) is 11.9 Å². The van der Waals surface area contributed by atoms with Crippen LogP contribution in [0.15, 0.2) is 18.3 Å². The van der Waals surface area contributed by atoms with E-state index >= 15 is 0 Å². The second-order valence-electron chi connectivity index (χ2n) is 4.26. The van der Waals surface area contributed by atoms with Crippen molar-refractivity contribution >= 4 is 0 Å². The van der Waals surface area contributed by atoms with Crippen molar-refractivity contribution in [3.63, 3.8) is 0 Å². The highest BCUT2D eigenvalue weighted by Crippen LogP contribution is 2.22. The van der Waals surface area contributed by atoms with Gasteiger partial charge in [-0.25, -0.2) is 0 Å². The molecule has 1 unspecified atom stereocenters. The van der Waals surface area contributed by atoms with Gasteiger partial charge in [-0.3, -0.25) is 4.98 Å². The van der Waals surface area contributed by atoms with E-state index in [1.165, 1.54) is 12.0 Å². The van der Waals surface area contributed by atoms with Gasteiger partial charge in [-0.2, -0.15) is 0 Å². The molecule has 0 aliphatic carbocycles. The van der Waals surface area contributed by atoms with Crippen molar-refractivity contribution in [3.05, 3.63) is 29.6 Å². The highest BCUT2D eigenvalue weighted by atomic mass is 14.7. The van der Waals surface area contributed by atoms with E-state index in [2.05, 4.69) is 37.9 Å². The molecule has 0 aromatic carbocycles. The van der Waals surface area contributed by atoms with Gasteiger partial charge < -0.3 is 0 Å². The van der Waals surface area contributed by atoms with Crippen LogP contribution in [0, 0.1) is 12.8 Å². The van der Waals surface area contributed by atoms with Crippen LogP contribution in [0.5, 0.6) is 0 Å². The van der Waals surface area contributed by atoms with Crippen LogP contribution < -0.4 is 0 Å². The minimum atomic E-state index is 0.632. The zero-order valence-electron chi connectivity index (χ0n) is 9.04. The SMILES string of the molecule is Cc1ccc(C(C)CC(C)C)cn1. The van der Waals surface area contributed by atoms with E-state index < -0.39 is 0 Å². The molecular formula is C12H19N. The van der Waals surface area contributed by atoms with Crippen molar-refractivity contribution in [1.29, 1.82) is 0 Å². The fourth-order valence-electron chi connectivity index (χ4n) is 1.61. The molecule has 0 spiro atoms. The summed E-state index contributed by atoms with van der Waals surface area (Å²) in [5.74, 6) is 1.39. The highest BCUT2D eigenvalue weighted by molar-refractivity contribution is 5.16. The molecule has 0 saturated carbocycles. The Balaban J connectivity index is 2.66. The topological polar surface area (TPSA) is 12.9 Å². The molecule has 72 valence electrons. The third-order valence-electron chi connectivity index (χ3n) is 2.33. The van der Waals surface area contributed by atoms with Crippen LogP contribution in [0.3, 0.4) is 0 Å². The van der Waals surface area contributed by atoms with Gasteiger partial charge in [0.1, 0.15) is 0 Å². The first-order chi connectivity index (χ1) is 6.09. The molecule has 1 atom stereocenters. The molecule has 0 aliphatic heterocycles. The van der Waals surface area contributed by atoms with E-state index in [1.54, 1.807) is 0 Å². The number of nitrogens with zero attached hydrogens (tertiary/aromatic N) is 1. The third-order valence-corrected chi connectivity index (χ3v) is 2.33. The molecule has 0 bridgehead atoms. The van der Waals surface area contributed by atoms with Gasteiger partial charge in [-0.15, -0.1) is 0 Å². The number of pyridine rings is 1.